The molecule has 0 radical (unpaired) electrons. The Hall–Kier alpha value is -2.19. The Morgan fingerprint density at radius 1 is 1.14 bits per heavy atom. The summed E-state index contributed by atoms with van der Waals surface area (Å²) in [4.78, 5) is 14.1. The summed E-state index contributed by atoms with van der Waals surface area (Å²) in [5.41, 5.74) is 5.08. The van der Waals surface area contributed by atoms with Gasteiger partial charge >= 0.3 is 29.6 Å². The van der Waals surface area contributed by atoms with E-state index in [9.17, 15) is 19.4 Å². The molecule has 0 aromatic heterocycles. The number of allylic oxidation sites excluding steroid dienone is 2. The number of nitrogens with zero attached hydrogens (tertiary/aromatic N) is 1. The molecule has 3 aromatic rings. The van der Waals surface area contributed by atoms with Gasteiger partial charge in [0.05, 0.1) is 11.3 Å². The van der Waals surface area contributed by atoms with Gasteiger partial charge in [0.1, 0.15) is 6.17 Å². The number of aliphatic imine (C=N–C) groups is 1. The summed E-state index contributed by atoms with van der Waals surface area (Å²) in [5, 5.41) is 21.1. The number of carbonyl (C=O) groups is 1. The van der Waals surface area contributed by atoms with E-state index in [0.717, 1.165) is 42.5 Å². The van der Waals surface area contributed by atoms with Gasteiger partial charge < -0.3 is 15.0 Å². The van der Waals surface area contributed by atoms with Gasteiger partial charge in [-0.25, -0.2) is 4.39 Å². The second-order valence-electron chi connectivity index (χ2n) is 11.5. The number of alkyl halides is 1. The van der Waals surface area contributed by atoms with Crippen LogP contribution in [0.2, 0.25) is 5.02 Å². The molecule has 1 aliphatic carbocycles. The van der Waals surface area contributed by atoms with Crippen molar-refractivity contribution in [1.82, 2.24) is 0 Å². The minimum Gasteiger partial charge on any atom is -0.550 e. The maximum atomic E-state index is 12.5. The van der Waals surface area contributed by atoms with E-state index >= 15 is 0 Å². The molecule has 0 amide bonds. The van der Waals surface area contributed by atoms with Crippen molar-refractivity contribution < 1.29 is 49.0 Å². The number of aryl methyl sites for hydroxylation is 2. The Morgan fingerprint density at radius 3 is 2.45 bits per heavy atom. The molecule has 1 fully saturated rings. The SMILES string of the molecule is C=Nc1cc(Cl)ccc1/C=C\C/C=C/c1cccc(CCCc2ccccc2C(C)(C)O)c1.O=C([O-])CC1(CS)CC1F.[Na+]. The number of benzene rings is 3. The second kappa shape index (κ2) is 18.1. The van der Waals surface area contributed by atoms with Crippen molar-refractivity contribution in [2.75, 3.05) is 5.75 Å². The van der Waals surface area contributed by atoms with Gasteiger partial charge in [0.25, 0.3) is 0 Å². The molecule has 0 saturated heterocycles. The van der Waals surface area contributed by atoms with Gasteiger partial charge in [-0.05, 0) is 105 Å². The monoisotopic (exact) mass is 643 g/mol. The van der Waals surface area contributed by atoms with Crippen LogP contribution in [-0.2, 0) is 23.2 Å². The Balaban J connectivity index is 0.000000521. The zero-order chi connectivity index (χ0) is 31.5. The van der Waals surface area contributed by atoms with Gasteiger partial charge in [0.15, 0.2) is 0 Å². The van der Waals surface area contributed by atoms with Gasteiger partial charge in [-0.15, -0.1) is 0 Å². The van der Waals surface area contributed by atoms with Crippen LogP contribution in [0.25, 0.3) is 12.2 Å². The normalized spacial score (nSPS) is 17.5. The average molecular weight is 644 g/mol. The Morgan fingerprint density at radius 2 is 1.84 bits per heavy atom. The van der Waals surface area contributed by atoms with E-state index in [1.54, 1.807) is 0 Å². The van der Waals surface area contributed by atoms with Crippen molar-refractivity contribution in [1.29, 1.82) is 0 Å². The van der Waals surface area contributed by atoms with Crippen molar-refractivity contribution >= 4 is 54.8 Å². The third-order valence-electron chi connectivity index (χ3n) is 7.48. The summed E-state index contributed by atoms with van der Waals surface area (Å²) in [6.07, 6.45) is 11.5. The summed E-state index contributed by atoms with van der Waals surface area (Å²) in [7, 11) is 0. The number of rotatable bonds is 13. The first-order chi connectivity index (χ1) is 20.5. The van der Waals surface area contributed by atoms with E-state index < -0.39 is 23.2 Å². The minimum atomic E-state index is -1.19. The van der Waals surface area contributed by atoms with E-state index in [1.807, 2.05) is 56.3 Å². The van der Waals surface area contributed by atoms with Gasteiger partial charge in [0.2, 0.25) is 0 Å². The number of halogens is 2. The Kier molecular flexibility index (Phi) is 15.6. The second-order valence-corrected chi connectivity index (χ2v) is 12.2. The Labute approximate surface area is 293 Å². The van der Waals surface area contributed by atoms with E-state index in [1.165, 1.54) is 16.7 Å². The van der Waals surface area contributed by atoms with Crippen LogP contribution in [0, 0.1) is 5.41 Å². The molecule has 1 N–H and O–H groups in total. The first-order valence-electron chi connectivity index (χ1n) is 14.4. The molecule has 4 rings (SSSR count). The van der Waals surface area contributed by atoms with Gasteiger partial charge in [0, 0.05) is 16.4 Å². The average Bonchev–Trinajstić information content (AvgIpc) is 3.61. The molecule has 228 valence electrons. The van der Waals surface area contributed by atoms with E-state index in [0.29, 0.717) is 17.2 Å². The van der Waals surface area contributed by atoms with Crippen molar-refractivity contribution in [3.8, 4) is 0 Å². The van der Waals surface area contributed by atoms with Crippen LogP contribution in [0.3, 0.4) is 0 Å². The maximum absolute atomic E-state index is 12.5. The quantitative estimate of drug-likeness (QED) is 0.157. The fourth-order valence-electron chi connectivity index (χ4n) is 4.93. The molecule has 8 heteroatoms. The molecule has 1 saturated carbocycles. The molecular formula is C36H40ClFNNaO3S. The smallest absolute Gasteiger partial charge is 0.550 e. The maximum Gasteiger partial charge on any atom is 1.00 e. The summed E-state index contributed by atoms with van der Waals surface area (Å²) in [5.74, 6) is -0.892. The summed E-state index contributed by atoms with van der Waals surface area (Å²) in [6, 6.07) is 22.5. The standard InChI is InChI=1S/C30H32ClNO.C6H9FO2S.Na/c1-30(2,33)28-18-8-7-15-25(28)17-10-14-24-13-9-12-23(21-24)11-5-4-6-16-26-19-20-27(31)22-29(26)32-3;7-4-1-6(4,3-10)2-5(8)9;/h5-9,11-13,15-16,18-22,33H,3-4,10,14,17H2,1-2H3;4,10H,1-3H2,(H,8,9);/q;;+1/p-1/b11-5+,16-6-;;. The number of thiol groups is 1. The van der Waals surface area contributed by atoms with Crippen molar-refractivity contribution in [2.24, 2.45) is 10.4 Å². The van der Waals surface area contributed by atoms with Crippen LogP contribution in [0.4, 0.5) is 10.1 Å². The third kappa shape index (κ3) is 12.0. The van der Waals surface area contributed by atoms with Crippen LogP contribution in [0.1, 0.15) is 67.3 Å². The Bertz CT molecular complexity index is 1450. The van der Waals surface area contributed by atoms with Crippen molar-refractivity contribution in [3.63, 3.8) is 0 Å². The van der Waals surface area contributed by atoms with Crippen LogP contribution in [-0.4, -0.2) is 29.7 Å². The van der Waals surface area contributed by atoms with Crippen LogP contribution in [0.15, 0.2) is 83.9 Å². The molecular weight excluding hydrogens is 604 g/mol. The van der Waals surface area contributed by atoms with Gasteiger partial charge in [-0.2, -0.15) is 12.6 Å². The van der Waals surface area contributed by atoms with Crippen molar-refractivity contribution in [3.05, 3.63) is 112 Å². The summed E-state index contributed by atoms with van der Waals surface area (Å²) in [6.45, 7) is 7.31. The number of hydrogen-bond donors (Lipinski definition) is 2. The van der Waals surface area contributed by atoms with Crippen LogP contribution >= 0.6 is 24.2 Å². The predicted octanol–water partition coefficient (Wildman–Crippen LogP) is 4.98. The molecule has 0 spiro atoms. The van der Waals surface area contributed by atoms with Crippen molar-refractivity contribution in [2.45, 2.75) is 64.1 Å². The zero-order valence-electron chi connectivity index (χ0n) is 25.8. The number of aliphatic carboxylic acids is 1. The summed E-state index contributed by atoms with van der Waals surface area (Å²) >= 11 is 9.88. The molecule has 44 heavy (non-hydrogen) atoms. The fourth-order valence-corrected chi connectivity index (χ4v) is 5.54. The number of carbonyl (C=O) groups excluding carboxylic acids is 1. The zero-order valence-corrected chi connectivity index (χ0v) is 29.5. The minimum absolute atomic E-state index is 0. The number of aliphatic hydroxyl groups is 1. The number of carboxylic acid groups (broad SMARTS) is 1. The first-order valence-corrected chi connectivity index (χ1v) is 15.4. The first kappa shape index (κ1) is 38.0. The van der Waals surface area contributed by atoms with Crippen LogP contribution in [0.5, 0.6) is 0 Å². The number of hydrogen-bond acceptors (Lipinski definition) is 5. The van der Waals surface area contributed by atoms with E-state index in [-0.39, 0.29) is 36.0 Å². The topological polar surface area (TPSA) is 72.7 Å². The fraction of sp³-hybridized carbons (Fsp3) is 0.333. The molecule has 4 nitrogen and oxygen atoms in total. The van der Waals surface area contributed by atoms with E-state index in [2.05, 4.69) is 72.9 Å². The molecule has 0 heterocycles. The predicted molar refractivity (Wildman–Crippen MR) is 179 cm³/mol. The molecule has 0 aliphatic heterocycles. The molecule has 2 atom stereocenters. The molecule has 3 aromatic carbocycles. The molecule has 0 bridgehead atoms. The van der Waals surface area contributed by atoms with Gasteiger partial charge in [-0.1, -0.05) is 90.5 Å². The summed E-state index contributed by atoms with van der Waals surface area (Å²) < 4.78 is 12.5. The van der Waals surface area contributed by atoms with Crippen LogP contribution < -0.4 is 34.7 Å². The van der Waals surface area contributed by atoms with E-state index in [4.69, 9.17) is 11.6 Å². The van der Waals surface area contributed by atoms with Gasteiger partial charge in [-0.3, -0.25) is 4.99 Å². The third-order valence-corrected chi connectivity index (χ3v) is 8.35. The molecule has 1 aliphatic rings. The largest absolute Gasteiger partial charge is 1.00 e. The molecule has 2 unspecified atom stereocenters. The number of carboxylic acids is 1.